The Morgan fingerprint density at radius 1 is 1.38 bits per heavy atom. The van der Waals surface area contributed by atoms with Crippen molar-refractivity contribution in [2.24, 2.45) is 5.92 Å². The molecule has 3 heteroatoms. The van der Waals surface area contributed by atoms with E-state index in [0.29, 0.717) is 10.4 Å². The first-order chi connectivity index (χ1) is 7.50. The predicted molar refractivity (Wildman–Crippen MR) is 69.9 cm³/mol. The third-order valence-electron chi connectivity index (χ3n) is 2.56. The first-order valence-corrected chi connectivity index (χ1v) is 6.41. The molecule has 1 aromatic rings. The molecule has 0 unspecified atom stereocenters. The molecule has 0 atom stereocenters. The Kier molecular flexibility index (Phi) is 5.42. The number of rotatable bonds is 5. The normalized spacial score (nSPS) is 11.4. The van der Waals surface area contributed by atoms with E-state index < -0.39 is 0 Å². The van der Waals surface area contributed by atoms with Crippen molar-refractivity contribution in [1.29, 1.82) is 0 Å². The first-order valence-electron chi connectivity index (χ1n) is 5.62. The lowest BCUT2D eigenvalue weighted by Gasteiger charge is -2.18. The van der Waals surface area contributed by atoms with Crippen LogP contribution in [0.1, 0.15) is 25.8 Å². The van der Waals surface area contributed by atoms with Crippen molar-refractivity contribution < 1.29 is 4.39 Å². The molecular formula is C13H19BrFN. The fourth-order valence-electron chi connectivity index (χ4n) is 1.52. The Hall–Kier alpha value is -0.410. The molecular weight excluding hydrogens is 269 g/mol. The highest BCUT2D eigenvalue weighted by Gasteiger charge is 2.07. The van der Waals surface area contributed by atoms with Crippen LogP contribution < -0.4 is 0 Å². The van der Waals surface area contributed by atoms with Gasteiger partial charge in [0.1, 0.15) is 5.82 Å². The molecule has 1 nitrogen and oxygen atoms in total. The Labute approximate surface area is 106 Å². The fourth-order valence-corrected chi connectivity index (χ4v) is 1.91. The van der Waals surface area contributed by atoms with E-state index in [1.54, 1.807) is 6.07 Å². The van der Waals surface area contributed by atoms with Crippen LogP contribution in [0.5, 0.6) is 0 Å². The Bertz CT molecular complexity index is 339. The van der Waals surface area contributed by atoms with Crippen molar-refractivity contribution in [3.05, 3.63) is 34.1 Å². The molecule has 0 fully saturated rings. The lowest BCUT2D eigenvalue weighted by molar-refractivity contribution is 0.302. The molecule has 0 bridgehead atoms. The zero-order chi connectivity index (χ0) is 12.1. The second-order valence-electron chi connectivity index (χ2n) is 4.63. The number of hydrogen-bond donors (Lipinski definition) is 0. The summed E-state index contributed by atoms with van der Waals surface area (Å²) >= 11 is 3.29. The minimum absolute atomic E-state index is 0.185. The van der Waals surface area contributed by atoms with Crippen molar-refractivity contribution in [2.75, 3.05) is 13.6 Å². The number of hydrogen-bond acceptors (Lipinski definition) is 1. The van der Waals surface area contributed by atoms with Crippen LogP contribution in [0.3, 0.4) is 0 Å². The molecule has 1 rings (SSSR count). The zero-order valence-electron chi connectivity index (χ0n) is 10.1. The van der Waals surface area contributed by atoms with Gasteiger partial charge in [0, 0.05) is 6.54 Å². The van der Waals surface area contributed by atoms with Gasteiger partial charge in [-0.1, -0.05) is 26.0 Å². The van der Waals surface area contributed by atoms with Crippen LogP contribution in [0.4, 0.5) is 4.39 Å². The largest absolute Gasteiger partial charge is 0.302 e. The van der Waals surface area contributed by atoms with Crippen LogP contribution in [0.2, 0.25) is 0 Å². The molecule has 0 aromatic heterocycles. The average Bonchev–Trinajstić information content (AvgIpc) is 2.22. The van der Waals surface area contributed by atoms with Crippen LogP contribution in [0.25, 0.3) is 0 Å². The van der Waals surface area contributed by atoms with Crippen molar-refractivity contribution in [1.82, 2.24) is 4.90 Å². The second-order valence-corrected chi connectivity index (χ2v) is 5.43. The first kappa shape index (κ1) is 13.7. The van der Waals surface area contributed by atoms with Gasteiger partial charge < -0.3 is 4.90 Å². The average molecular weight is 288 g/mol. The summed E-state index contributed by atoms with van der Waals surface area (Å²) in [5.41, 5.74) is 1.01. The quantitative estimate of drug-likeness (QED) is 0.789. The SMILES string of the molecule is CC(C)CCN(C)Cc1cccc(F)c1Br. The maximum atomic E-state index is 13.3. The van der Waals surface area contributed by atoms with Crippen molar-refractivity contribution in [2.45, 2.75) is 26.8 Å². The lowest BCUT2D eigenvalue weighted by atomic mass is 10.1. The minimum Gasteiger partial charge on any atom is -0.302 e. The molecule has 0 N–H and O–H groups in total. The molecule has 0 spiro atoms. The molecule has 0 saturated heterocycles. The second kappa shape index (κ2) is 6.36. The smallest absolute Gasteiger partial charge is 0.137 e. The van der Waals surface area contributed by atoms with Gasteiger partial charge in [0.15, 0.2) is 0 Å². The van der Waals surface area contributed by atoms with E-state index in [2.05, 4.69) is 41.7 Å². The van der Waals surface area contributed by atoms with E-state index in [4.69, 9.17) is 0 Å². The number of nitrogens with zero attached hydrogens (tertiary/aromatic N) is 1. The predicted octanol–water partition coefficient (Wildman–Crippen LogP) is 4.07. The summed E-state index contributed by atoms with van der Waals surface area (Å²) in [7, 11) is 2.07. The van der Waals surface area contributed by atoms with Gasteiger partial charge in [-0.05, 0) is 53.5 Å². The summed E-state index contributed by atoms with van der Waals surface area (Å²) < 4.78 is 13.9. The monoisotopic (exact) mass is 287 g/mol. The fraction of sp³-hybridized carbons (Fsp3) is 0.538. The van der Waals surface area contributed by atoms with Crippen LogP contribution in [0, 0.1) is 11.7 Å². The molecule has 90 valence electrons. The summed E-state index contributed by atoms with van der Waals surface area (Å²) in [5, 5.41) is 0. The maximum Gasteiger partial charge on any atom is 0.137 e. The molecule has 0 heterocycles. The third kappa shape index (κ3) is 4.22. The summed E-state index contributed by atoms with van der Waals surface area (Å²) in [4.78, 5) is 2.22. The Morgan fingerprint density at radius 2 is 2.06 bits per heavy atom. The molecule has 0 aliphatic heterocycles. The van der Waals surface area contributed by atoms with Gasteiger partial charge in [-0.25, -0.2) is 4.39 Å². The highest BCUT2D eigenvalue weighted by molar-refractivity contribution is 9.10. The Morgan fingerprint density at radius 3 is 2.69 bits per heavy atom. The topological polar surface area (TPSA) is 3.24 Å². The van der Waals surface area contributed by atoms with E-state index >= 15 is 0 Å². The lowest BCUT2D eigenvalue weighted by Crippen LogP contribution is -2.20. The van der Waals surface area contributed by atoms with Crippen LogP contribution in [-0.2, 0) is 6.54 Å². The standard InChI is InChI=1S/C13H19BrFN/c1-10(2)7-8-16(3)9-11-5-4-6-12(15)13(11)14/h4-6,10H,7-9H2,1-3H3. The van der Waals surface area contributed by atoms with Gasteiger partial charge in [0.25, 0.3) is 0 Å². The van der Waals surface area contributed by atoms with Crippen molar-refractivity contribution in [3.63, 3.8) is 0 Å². The number of benzene rings is 1. The zero-order valence-corrected chi connectivity index (χ0v) is 11.7. The number of halogens is 2. The Balaban J connectivity index is 2.56. The molecule has 0 radical (unpaired) electrons. The van der Waals surface area contributed by atoms with E-state index in [1.807, 2.05) is 6.07 Å². The highest BCUT2D eigenvalue weighted by atomic mass is 79.9. The van der Waals surface area contributed by atoms with Gasteiger partial charge >= 0.3 is 0 Å². The highest BCUT2D eigenvalue weighted by Crippen LogP contribution is 2.21. The third-order valence-corrected chi connectivity index (χ3v) is 3.45. The summed E-state index contributed by atoms with van der Waals surface area (Å²) in [5.74, 6) is 0.521. The van der Waals surface area contributed by atoms with Gasteiger partial charge in [-0.2, -0.15) is 0 Å². The maximum absolute atomic E-state index is 13.3. The molecule has 1 aromatic carbocycles. The molecule has 16 heavy (non-hydrogen) atoms. The van der Waals surface area contributed by atoms with E-state index in [0.717, 1.165) is 18.7 Å². The van der Waals surface area contributed by atoms with Crippen molar-refractivity contribution in [3.8, 4) is 0 Å². The molecule has 0 aliphatic carbocycles. The van der Waals surface area contributed by atoms with Gasteiger partial charge in [0.2, 0.25) is 0 Å². The van der Waals surface area contributed by atoms with Crippen molar-refractivity contribution >= 4 is 15.9 Å². The van der Waals surface area contributed by atoms with Gasteiger partial charge in [-0.15, -0.1) is 0 Å². The summed E-state index contributed by atoms with van der Waals surface area (Å²) in [6, 6.07) is 5.19. The molecule has 0 saturated carbocycles. The minimum atomic E-state index is -0.185. The van der Waals surface area contributed by atoms with E-state index in [1.165, 1.54) is 12.5 Å². The van der Waals surface area contributed by atoms with E-state index in [9.17, 15) is 4.39 Å². The molecule has 0 amide bonds. The van der Waals surface area contributed by atoms with Crippen LogP contribution >= 0.6 is 15.9 Å². The van der Waals surface area contributed by atoms with Gasteiger partial charge in [0.05, 0.1) is 4.47 Å². The van der Waals surface area contributed by atoms with E-state index in [-0.39, 0.29) is 5.82 Å². The van der Waals surface area contributed by atoms with Gasteiger partial charge in [-0.3, -0.25) is 0 Å². The summed E-state index contributed by atoms with van der Waals surface area (Å²) in [6.07, 6.45) is 1.17. The molecule has 0 aliphatic rings. The summed E-state index contributed by atoms with van der Waals surface area (Å²) in [6.45, 7) is 6.25. The van der Waals surface area contributed by atoms with Crippen LogP contribution in [-0.4, -0.2) is 18.5 Å². The van der Waals surface area contributed by atoms with Crippen LogP contribution in [0.15, 0.2) is 22.7 Å².